The zero-order chi connectivity index (χ0) is 13.1. The summed E-state index contributed by atoms with van der Waals surface area (Å²) in [6.07, 6.45) is 1.87. The second-order valence-corrected chi connectivity index (χ2v) is 6.45. The van der Waals surface area contributed by atoms with Gasteiger partial charge in [0.05, 0.1) is 16.1 Å². The van der Waals surface area contributed by atoms with Crippen LogP contribution in [0, 0.1) is 6.92 Å². The van der Waals surface area contributed by atoms with Crippen molar-refractivity contribution in [1.29, 1.82) is 0 Å². The van der Waals surface area contributed by atoms with E-state index < -0.39 is 0 Å². The first-order valence-corrected chi connectivity index (χ1v) is 7.22. The van der Waals surface area contributed by atoms with Crippen LogP contribution in [-0.4, -0.2) is 11.1 Å². The van der Waals surface area contributed by atoms with Crippen LogP contribution in [0.2, 0.25) is 0 Å². The predicted molar refractivity (Wildman–Crippen MR) is 76.8 cm³/mol. The van der Waals surface area contributed by atoms with Crippen LogP contribution in [0.25, 0.3) is 0 Å². The number of ether oxygens (including phenoxy) is 2. The fourth-order valence-corrected chi connectivity index (χ4v) is 2.49. The summed E-state index contributed by atoms with van der Waals surface area (Å²) < 4.78 is 12.4. The van der Waals surface area contributed by atoms with E-state index in [2.05, 4.69) is 20.9 Å². The topological polar surface area (TPSA) is 31.4 Å². The van der Waals surface area contributed by atoms with E-state index in [-0.39, 0.29) is 6.10 Å². The fraction of sp³-hybridized carbons (Fsp3) is 0.308. The highest BCUT2D eigenvalue weighted by Crippen LogP contribution is 2.34. The molecule has 1 aromatic heterocycles. The van der Waals surface area contributed by atoms with Crippen molar-refractivity contribution in [1.82, 2.24) is 4.98 Å². The van der Waals surface area contributed by atoms with E-state index in [4.69, 9.17) is 9.47 Å². The van der Waals surface area contributed by atoms with Crippen LogP contribution in [0.4, 0.5) is 0 Å². The van der Waals surface area contributed by atoms with Crippen molar-refractivity contribution in [2.24, 2.45) is 0 Å². The molecule has 18 heavy (non-hydrogen) atoms. The first-order valence-electron chi connectivity index (χ1n) is 5.61. The van der Waals surface area contributed by atoms with Crippen LogP contribution in [0.5, 0.6) is 16.7 Å². The quantitative estimate of drug-likeness (QED) is 0.808. The molecule has 0 unspecified atom stereocenters. The molecule has 0 fully saturated rings. The summed E-state index contributed by atoms with van der Waals surface area (Å²) in [6.45, 7) is 5.99. The largest absolute Gasteiger partial charge is 0.491 e. The molecule has 1 heterocycles. The van der Waals surface area contributed by atoms with Crippen molar-refractivity contribution in [3.63, 3.8) is 0 Å². The molecule has 0 atom stereocenters. The molecule has 0 radical (unpaired) electrons. The van der Waals surface area contributed by atoms with E-state index >= 15 is 0 Å². The first kappa shape index (κ1) is 13.4. The Labute approximate surface area is 119 Å². The summed E-state index contributed by atoms with van der Waals surface area (Å²) in [5.41, 5.74) is 0.984. The third-order valence-electron chi connectivity index (χ3n) is 2.25. The molecule has 0 aliphatic rings. The lowest BCUT2D eigenvalue weighted by molar-refractivity contribution is 0.240. The van der Waals surface area contributed by atoms with Crippen LogP contribution < -0.4 is 9.47 Å². The number of hydrogen-bond acceptors (Lipinski definition) is 4. The highest BCUT2D eigenvalue weighted by atomic mass is 79.9. The summed E-state index contributed by atoms with van der Waals surface area (Å²) in [4.78, 5) is 4.15. The van der Waals surface area contributed by atoms with Crippen molar-refractivity contribution in [3.05, 3.63) is 33.7 Å². The minimum absolute atomic E-state index is 0.146. The van der Waals surface area contributed by atoms with E-state index in [0.717, 1.165) is 20.8 Å². The first-order chi connectivity index (χ1) is 8.56. The SMILES string of the molecule is Cc1c(Oc2ncc(Br)s2)cccc1OC(C)C. The summed E-state index contributed by atoms with van der Waals surface area (Å²) >= 11 is 4.82. The maximum atomic E-state index is 5.75. The molecule has 0 aliphatic carbocycles. The van der Waals surface area contributed by atoms with Crippen LogP contribution in [0.3, 0.4) is 0 Å². The van der Waals surface area contributed by atoms with Gasteiger partial charge in [0, 0.05) is 5.56 Å². The Kier molecular flexibility index (Phi) is 4.24. The lowest BCUT2D eigenvalue weighted by Crippen LogP contribution is -2.06. The molecule has 3 nitrogen and oxygen atoms in total. The summed E-state index contributed by atoms with van der Waals surface area (Å²) in [7, 11) is 0. The van der Waals surface area contributed by atoms with Crippen molar-refractivity contribution < 1.29 is 9.47 Å². The molecule has 0 saturated carbocycles. The van der Waals surface area contributed by atoms with Gasteiger partial charge >= 0.3 is 0 Å². The molecule has 5 heteroatoms. The zero-order valence-corrected chi connectivity index (χ0v) is 12.8. The van der Waals surface area contributed by atoms with Gasteiger partial charge in [0.2, 0.25) is 0 Å². The van der Waals surface area contributed by atoms with E-state index in [1.54, 1.807) is 6.20 Å². The number of thiazole rings is 1. The lowest BCUT2D eigenvalue weighted by atomic mass is 10.2. The fourth-order valence-electron chi connectivity index (χ4n) is 1.47. The van der Waals surface area contributed by atoms with Gasteiger partial charge in [-0.05, 0) is 48.8 Å². The summed E-state index contributed by atoms with van der Waals surface area (Å²) in [5, 5.41) is 0.617. The van der Waals surface area contributed by atoms with E-state index in [9.17, 15) is 0 Å². The van der Waals surface area contributed by atoms with E-state index in [1.807, 2.05) is 39.0 Å². The molecular formula is C13H14BrNO2S. The molecule has 0 amide bonds. The third kappa shape index (κ3) is 3.23. The number of aromatic nitrogens is 1. The van der Waals surface area contributed by atoms with Gasteiger partial charge in [-0.3, -0.25) is 0 Å². The number of benzene rings is 1. The predicted octanol–water partition coefficient (Wildman–Crippen LogP) is 4.79. The molecular weight excluding hydrogens is 314 g/mol. The van der Waals surface area contributed by atoms with Gasteiger partial charge in [-0.15, -0.1) is 0 Å². The molecule has 0 aliphatic heterocycles. The van der Waals surface area contributed by atoms with Gasteiger partial charge in [-0.2, -0.15) is 0 Å². The third-order valence-corrected chi connectivity index (χ3v) is 3.60. The zero-order valence-electron chi connectivity index (χ0n) is 10.4. The molecule has 2 rings (SSSR count). The highest BCUT2D eigenvalue weighted by molar-refractivity contribution is 9.11. The Bertz CT molecular complexity index is 540. The highest BCUT2D eigenvalue weighted by Gasteiger charge is 2.10. The molecule has 0 saturated heterocycles. The van der Waals surface area contributed by atoms with Crippen molar-refractivity contribution in [2.75, 3.05) is 0 Å². The second kappa shape index (κ2) is 5.71. The molecule has 96 valence electrons. The molecule has 0 N–H and O–H groups in total. The van der Waals surface area contributed by atoms with Crippen LogP contribution in [0.1, 0.15) is 19.4 Å². The summed E-state index contributed by atoms with van der Waals surface area (Å²) in [5.74, 6) is 1.62. The van der Waals surface area contributed by atoms with Gasteiger partial charge < -0.3 is 9.47 Å². The van der Waals surface area contributed by atoms with Crippen LogP contribution >= 0.6 is 27.3 Å². The Balaban J connectivity index is 2.23. The van der Waals surface area contributed by atoms with Crippen LogP contribution in [-0.2, 0) is 0 Å². The normalized spacial score (nSPS) is 10.7. The van der Waals surface area contributed by atoms with Crippen molar-refractivity contribution in [3.8, 4) is 16.7 Å². The number of nitrogens with zero attached hydrogens (tertiary/aromatic N) is 1. The Hall–Kier alpha value is -1.07. The van der Waals surface area contributed by atoms with Gasteiger partial charge in [0.25, 0.3) is 5.19 Å². The smallest absolute Gasteiger partial charge is 0.279 e. The van der Waals surface area contributed by atoms with Crippen molar-refractivity contribution in [2.45, 2.75) is 26.9 Å². The van der Waals surface area contributed by atoms with Gasteiger partial charge in [0.1, 0.15) is 11.5 Å². The van der Waals surface area contributed by atoms with Gasteiger partial charge in [-0.25, -0.2) is 4.98 Å². The average molecular weight is 328 g/mol. The number of halogens is 1. The molecule has 2 aromatic rings. The maximum absolute atomic E-state index is 5.75. The minimum atomic E-state index is 0.146. The summed E-state index contributed by atoms with van der Waals surface area (Å²) in [6, 6.07) is 5.78. The second-order valence-electron chi connectivity index (χ2n) is 4.08. The molecule has 0 spiro atoms. The standard InChI is InChI=1S/C13H14BrNO2S/c1-8(2)16-10-5-4-6-11(9(10)3)17-13-15-7-12(14)18-13/h4-8H,1-3H3. The molecule has 1 aromatic carbocycles. The Morgan fingerprint density at radius 3 is 2.61 bits per heavy atom. The number of hydrogen-bond donors (Lipinski definition) is 0. The van der Waals surface area contributed by atoms with Crippen LogP contribution in [0.15, 0.2) is 28.2 Å². The van der Waals surface area contributed by atoms with E-state index in [0.29, 0.717) is 5.19 Å². The number of rotatable bonds is 4. The molecule has 0 bridgehead atoms. The maximum Gasteiger partial charge on any atom is 0.279 e. The van der Waals surface area contributed by atoms with Gasteiger partial charge in [0.15, 0.2) is 0 Å². The minimum Gasteiger partial charge on any atom is -0.491 e. The van der Waals surface area contributed by atoms with E-state index in [1.165, 1.54) is 11.3 Å². The van der Waals surface area contributed by atoms with Gasteiger partial charge in [-0.1, -0.05) is 17.4 Å². The lowest BCUT2D eigenvalue weighted by Gasteiger charge is -2.14. The average Bonchev–Trinajstić information content (AvgIpc) is 2.69. The Morgan fingerprint density at radius 1 is 1.28 bits per heavy atom. The van der Waals surface area contributed by atoms with Crippen molar-refractivity contribution >= 4 is 27.3 Å². The Morgan fingerprint density at radius 2 is 2.00 bits per heavy atom. The monoisotopic (exact) mass is 327 g/mol.